The summed E-state index contributed by atoms with van der Waals surface area (Å²) in [7, 11) is 0. The fraction of sp³-hybridized carbons (Fsp3) is 0.900. The second kappa shape index (κ2) is 3.96. The van der Waals surface area contributed by atoms with Gasteiger partial charge in [0.05, 0.1) is 5.60 Å². The van der Waals surface area contributed by atoms with Crippen LogP contribution in [0.2, 0.25) is 0 Å². The number of rotatable bonds is 0. The van der Waals surface area contributed by atoms with Crippen molar-refractivity contribution >= 4 is 0 Å². The molecule has 4 rings (SSSR count). The topological polar surface area (TPSA) is 20.2 Å². The predicted octanol–water partition coefficient (Wildman–Crippen LogP) is 4.95. The Morgan fingerprint density at radius 2 is 1.62 bits per heavy atom. The van der Waals surface area contributed by atoms with Crippen LogP contribution in [0.15, 0.2) is 12.2 Å². The van der Waals surface area contributed by atoms with Crippen molar-refractivity contribution in [3.63, 3.8) is 0 Å². The fourth-order valence-electron chi connectivity index (χ4n) is 7.47. The minimum Gasteiger partial charge on any atom is -0.390 e. The lowest BCUT2D eigenvalue weighted by Gasteiger charge is -2.69. The molecule has 0 heterocycles. The Kier molecular flexibility index (Phi) is 2.70. The van der Waals surface area contributed by atoms with Crippen LogP contribution in [-0.2, 0) is 0 Å². The first-order chi connectivity index (χ1) is 9.72. The van der Waals surface area contributed by atoms with Crippen LogP contribution in [0.5, 0.6) is 0 Å². The summed E-state index contributed by atoms with van der Waals surface area (Å²) in [5.41, 5.74) is 0.885. The summed E-state index contributed by atoms with van der Waals surface area (Å²) in [6.45, 7) is 9.71. The molecule has 0 saturated heterocycles. The van der Waals surface area contributed by atoms with Crippen molar-refractivity contribution in [3.05, 3.63) is 12.2 Å². The smallest absolute Gasteiger partial charge is 0.0690 e. The van der Waals surface area contributed by atoms with Crippen LogP contribution in [-0.4, -0.2) is 10.7 Å². The molecule has 0 aliphatic heterocycles. The highest BCUT2D eigenvalue weighted by molar-refractivity contribution is 5.30. The Labute approximate surface area is 130 Å². The van der Waals surface area contributed by atoms with Crippen molar-refractivity contribution in [1.82, 2.24) is 0 Å². The van der Waals surface area contributed by atoms with E-state index in [0.717, 1.165) is 18.3 Å². The number of hydrogen-bond acceptors (Lipinski definition) is 1. The van der Waals surface area contributed by atoms with E-state index in [4.69, 9.17) is 0 Å². The van der Waals surface area contributed by atoms with Gasteiger partial charge in [0.25, 0.3) is 0 Å². The first-order valence-electron chi connectivity index (χ1n) is 9.14. The molecule has 4 aliphatic rings. The second-order valence-corrected chi connectivity index (χ2v) is 9.84. The lowest BCUT2D eigenvalue weighted by atomic mass is 9.35. The summed E-state index contributed by atoms with van der Waals surface area (Å²) in [5, 5.41) is 10.8. The van der Waals surface area contributed by atoms with Crippen LogP contribution in [0.25, 0.3) is 0 Å². The lowest BCUT2D eigenvalue weighted by molar-refractivity contribution is -0.197. The molecule has 1 heteroatoms. The highest BCUT2D eigenvalue weighted by Gasteiger charge is 2.66. The Balaban J connectivity index is 1.75. The third kappa shape index (κ3) is 1.62. The molecule has 0 bridgehead atoms. The van der Waals surface area contributed by atoms with E-state index < -0.39 is 5.60 Å². The van der Waals surface area contributed by atoms with Gasteiger partial charge in [-0.1, -0.05) is 39.3 Å². The minimum atomic E-state index is -0.460. The Bertz CT molecular complexity index is 488. The minimum absolute atomic E-state index is 0.334. The van der Waals surface area contributed by atoms with Crippen LogP contribution in [0.3, 0.4) is 0 Å². The fourth-order valence-corrected chi connectivity index (χ4v) is 7.47. The molecule has 0 aromatic rings. The van der Waals surface area contributed by atoms with Crippen molar-refractivity contribution in [2.75, 3.05) is 0 Å². The third-order valence-electron chi connectivity index (χ3n) is 8.37. The molecule has 0 amide bonds. The van der Waals surface area contributed by atoms with Gasteiger partial charge in [0, 0.05) is 11.3 Å². The van der Waals surface area contributed by atoms with Gasteiger partial charge in [0.1, 0.15) is 0 Å². The van der Waals surface area contributed by atoms with Crippen molar-refractivity contribution in [1.29, 1.82) is 0 Å². The third-order valence-corrected chi connectivity index (χ3v) is 8.37. The standard InChI is InChI=1S/C20H32O/c1-17(2)9-5-10-18(3)14(17)7-12-20-13-8-16(20)19(4,21)11-6-15(18)20/h8,13-16,21H,5-7,9-12H2,1-4H3/t14-,15+,16+,18-,19+,20-/m0/s1. The van der Waals surface area contributed by atoms with E-state index >= 15 is 0 Å². The molecule has 0 unspecified atom stereocenters. The number of fused-ring (bicyclic) bond motifs is 2. The lowest BCUT2D eigenvalue weighted by Crippen LogP contribution is -2.64. The van der Waals surface area contributed by atoms with Gasteiger partial charge in [-0.15, -0.1) is 0 Å². The van der Waals surface area contributed by atoms with Gasteiger partial charge in [-0.3, -0.25) is 0 Å². The van der Waals surface area contributed by atoms with Gasteiger partial charge in [-0.25, -0.2) is 0 Å². The van der Waals surface area contributed by atoms with E-state index in [-0.39, 0.29) is 0 Å². The van der Waals surface area contributed by atoms with Gasteiger partial charge in [0.15, 0.2) is 0 Å². The Morgan fingerprint density at radius 1 is 0.905 bits per heavy atom. The van der Waals surface area contributed by atoms with E-state index in [1.165, 1.54) is 38.5 Å². The van der Waals surface area contributed by atoms with E-state index in [0.29, 0.717) is 22.2 Å². The number of aliphatic hydroxyl groups is 1. The highest BCUT2D eigenvalue weighted by Crippen LogP contribution is 2.72. The van der Waals surface area contributed by atoms with Gasteiger partial charge in [-0.05, 0) is 68.1 Å². The summed E-state index contributed by atoms with van der Waals surface area (Å²) in [4.78, 5) is 0. The van der Waals surface area contributed by atoms with E-state index in [2.05, 4.69) is 39.8 Å². The van der Waals surface area contributed by atoms with Crippen LogP contribution < -0.4 is 0 Å². The predicted molar refractivity (Wildman–Crippen MR) is 86.9 cm³/mol. The van der Waals surface area contributed by atoms with Crippen molar-refractivity contribution in [2.24, 2.45) is 34.0 Å². The molecule has 3 saturated carbocycles. The van der Waals surface area contributed by atoms with Crippen LogP contribution in [0, 0.1) is 34.0 Å². The molecule has 6 atom stereocenters. The quantitative estimate of drug-likeness (QED) is 0.626. The summed E-state index contributed by atoms with van der Waals surface area (Å²) >= 11 is 0. The molecule has 0 radical (unpaired) electrons. The van der Waals surface area contributed by atoms with Gasteiger partial charge >= 0.3 is 0 Å². The molecule has 1 spiro atoms. The van der Waals surface area contributed by atoms with Crippen LogP contribution in [0.4, 0.5) is 0 Å². The molecule has 4 aliphatic carbocycles. The van der Waals surface area contributed by atoms with E-state index in [1.807, 2.05) is 0 Å². The van der Waals surface area contributed by atoms with Crippen molar-refractivity contribution < 1.29 is 5.11 Å². The zero-order valence-electron chi connectivity index (χ0n) is 14.3. The first-order valence-corrected chi connectivity index (χ1v) is 9.14. The Morgan fingerprint density at radius 3 is 2.29 bits per heavy atom. The Hall–Kier alpha value is -0.300. The second-order valence-electron chi connectivity index (χ2n) is 9.84. The molecule has 3 fully saturated rings. The molecule has 0 aromatic heterocycles. The van der Waals surface area contributed by atoms with Crippen molar-refractivity contribution in [2.45, 2.75) is 78.2 Å². The average molecular weight is 288 g/mol. The normalized spacial score (nSPS) is 57.7. The molecule has 1 nitrogen and oxygen atoms in total. The number of hydrogen-bond donors (Lipinski definition) is 1. The molecule has 0 aromatic carbocycles. The first kappa shape index (κ1) is 14.3. The zero-order valence-corrected chi connectivity index (χ0v) is 14.3. The van der Waals surface area contributed by atoms with Gasteiger partial charge < -0.3 is 5.11 Å². The molecular formula is C20H32O. The highest BCUT2D eigenvalue weighted by atomic mass is 16.3. The van der Waals surface area contributed by atoms with Crippen LogP contribution in [0.1, 0.15) is 72.6 Å². The van der Waals surface area contributed by atoms with Gasteiger partial charge in [-0.2, -0.15) is 0 Å². The monoisotopic (exact) mass is 288 g/mol. The summed E-state index contributed by atoms with van der Waals surface area (Å²) in [6.07, 6.45) is 14.0. The summed E-state index contributed by atoms with van der Waals surface area (Å²) < 4.78 is 0. The van der Waals surface area contributed by atoms with E-state index in [9.17, 15) is 5.11 Å². The molecule has 1 N–H and O–H groups in total. The maximum atomic E-state index is 10.8. The largest absolute Gasteiger partial charge is 0.390 e. The maximum Gasteiger partial charge on any atom is 0.0690 e. The summed E-state index contributed by atoms with van der Waals surface area (Å²) in [5.74, 6) is 2.11. The van der Waals surface area contributed by atoms with Crippen molar-refractivity contribution in [3.8, 4) is 0 Å². The molecule has 21 heavy (non-hydrogen) atoms. The zero-order chi connectivity index (χ0) is 15.1. The molecular weight excluding hydrogens is 256 g/mol. The van der Waals surface area contributed by atoms with Crippen LogP contribution >= 0.6 is 0 Å². The molecule has 118 valence electrons. The summed E-state index contributed by atoms with van der Waals surface area (Å²) in [6, 6.07) is 0. The maximum absolute atomic E-state index is 10.8. The SMILES string of the molecule is CC1(C)CCC[C@]2(C)[C@H]3CC[C@@](C)(O)[C@H]4C=C[C@@]34CC[C@@H]12. The van der Waals surface area contributed by atoms with Gasteiger partial charge in [0.2, 0.25) is 0 Å². The van der Waals surface area contributed by atoms with E-state index in [1.54, 1.807) is 0 Å². The number of allylic oxidation sites excluding steroid dienone is 1. The average Bonchev–Trinajstić information content (AvgIpc) is 2.31.